The molecule has 2 aliphatic rings. The normalized spacial score (nSPS) is 14.0. The van der Waals surface area contributed by atoms with E-state index in [4.69, 9.17) is 4.42 Å². The summed E-state index contributed by atoms with van der Waals surface area (Å²) in [5.74, 6) is 0. The zero-order valence-electron chi connectivity index (χ0n) is 20.6. The highest BCUT2D eigenvalue weighted by molar-refractivity contribution is 6.09. The third-order valence-electron chi connectivity index (χ3n) is 8.71. The first-order chi connectivity index (χ1) is 18.9. The highest BCUT2D eigenvalue weighted by Crippen LogP contribution is 2.62. The SMILES string of the molecule is c1ccc2c(c1)-c1ccccc1C1(c3ccccc3-2)c2ccccc2-c2cc3c(cc21)oc1ccccc13. The van der Waals surface area contributed by atoms with Gasteiger partial charge in [-0.3, -0.25) is 0 Å². The van der Waals surface area contributed by atoms with Crippen LogP contribution in [-0.2, 0) is 5.41 Å². The van der Waals surface area contributed by atoms with Gasteiger partial charge in [0.15, 0.2) is 0 Å². The summed E-state index contributed by atoms with van der Waals surface area (Å²) in [6.45, 7) is 0. The molecule has 6 aromatic carbocycles. The van der Waals surface area contributed by atoms with E-state index in [1.807, 2.05) is 6.07 Å². The van der Waals surface area contributed by atoms with Gasteiger partial charge in [-0.2, -0.15) is 0 Å². The van der Waals surface area contributed by atoms with Gasteiger partial charge in [0.05, 0.1) is 5.41 Å². The van der Waals surface area contributed by atoms with E-state index < -0.39 is 5.41 Å². The quantitative estimate of drug-likeness (QED) is 0.210. The maximum absolute atomic E-state index is 6.48. The number of rotatable bonds is 0. The van der Waals surface area contributed by atoms with Gasteiger partial charge in [-0.1, -0.05) is 115 Å². The number of furan rings is 1. The van der Waals surface area contributed by atoms with Crippen LogP contribution in [-0.4, -0.2) is 0 Å². The van der Waals surface area contributed by atoms with E-state index in [1.54, 1.807) is 0 Å². The zero-order chi connectivity index (χ0) is 24.8. The van der Waals surface area contributed by atoms with Crippen molar-refractivity contribution in [2.75, 3.05) is 0 Å². The fourth-order valence-electron chi connectivity index (χ4n) is 7.26. The van der Waals surface area contributed by atoms with Crippen LogP contribution in [0.5, 0.6) is 0 Å². The van der Waals surface area contributed by atoms with Gasteiger partial charge in [0.2, 0.25) is 0 Å². The molecule has 0 bridgehead atoms. The van der Waals surface area contributed by atoms with Gasteiger partial charge in [-0.15, -0.1) is 0 Å². The molecule has 1 heterocycles. The Morgan fingerprint density at radius 2 is 0.816 bits per heavy atom. The van der Waals surface area contributed by atoms with Crippen molar-refractivity contribution >= 4 is 21.9 Å². The smallest absolute Gasteiger partial charge is 0.135 e. The van der Waals surface area contributed by atoms with Crippen molar-refractivity contribution in [3.05, 3.63) is 156 Å². The summed E-state index contributed by atoms with van der Waals surface area (Å²) >= 11 is 0. The molecule has 0 aliphatic heterocycles. The molecule has 0 fully saturated rings. The molecule has 176 valence electrons. The van der Waals surface area contributed by atoms with Crippen LogP contribution in [0.4, 0.5) is 0 Å². The van der Waals surface area contributed by atoms with Crippen molar-refractivity contribution in [2.45, 2.75) is 5.41 Å². The average molecular weight is 483 g/mol. The summed E-state index contributed by atoms with van der Waals surface area (Å²) in [6, 6.07) is 48.9. The van der Waals surface area contributed by atoms with Gasteiger partial charge in [0, 0.05) is 10.8 Å². The van der Waals surface area contributed by atoms with Crippen molar-refractivity contribution in [1.82, 2.24) is 0 Å². The molecule has 9 rings (SSSR count). The predicted octanol–water partition coefficient (Wildman–Crippen LogP) is 9.60. The lowest BCUT2D eigenvalue weighted by Gasteiger charge is -2.35. The molecule has 0 unspecified atom stereocenters. The first-order valence-electron chi connectivity index (χ1n) is 13.2. The van der Waals surface area contributed by atoms with Gasteiger partial charge in [-0.05, 0) is 73.8 Å². The molecule has 0 atom stereocenters. The summed E-state index contributed by atoms with van der Waals surface area (Å²) in [5, 5.41) is 2.34. The Hall–Kier alpha value is -4.88. The fraction of sp³-hybridized carbons (Fsp3) is 0.0270. The van der Waals surface area contributed by atoms with E-state index in [1.165, 1.54) is 61.0 Å². The number of para-hydroxylation sites is 1. The molecule has 0 radical (unpaired) electrons. The van der Waals surface area contributed by atoms with E-state index in [2.05, 4.69) is 127 Å². The Bertz CT molecular complexity index is 2020. The van der Waals surface area contributed by atoms with E-state index in [0.29, 0.717) is 0 Å². The van der Waals surface area contributed by atoms with Crippen molar-refractivity contribution in [1.29, 1.82) is 0 Å². The molecular formula is C37H22O. The second-order valence-electron chi connectivity index (χ2n) is 10.4. The van der Waals surface area contributed by atoms with Gasteiger partial charge in [-0.25, -0.2) is 0 Å². The first-order valence-corrected chi connectivity index (χ1v) is 13.2. The Morgan fingerprint density at radius 3 is 1.42 bits per heavy atom. The first kappa shape index (κ1) is 20.2. The second kappa shape index (κ2) is 7.12. The lowest BCUT2D eigenvalue weighted by atomic mass is 9.66. The Kier molecular flexibility index (Phi) is 3.78. The van der Waals surface area contributed by atoms with Crippen LogP contribution in [0.2, 0.25) is 0 Å². The lowest BCUT2D eigenvalue weighted by Crippen LogP contribution is -2.29. The van der Waals surface area contributed by atoms with Crippen LogP contribution in [0.25, 0.3) is 55.3 Å². The summed E-state index contributed by atoms with van der Waals surface area (Å²) in [6.07, 6.45) is 0. The number of fused-ring (bicyclic) bond motifs is 15. The van der Waals surface area contributed by atoms with Gasteiger partial charge in [0.25, 0.3) is 0 Å². The number of benzene rings is 6. The highest BCUT2D eigenvalue weighted by Gasteiger charge is 2.49. The third-order valence-corrected chi connectivity index (χ3v) is 8.71. The van der Waals surface area contributed by atoms with Crippen molar-refractivity contribution in [3.63, 3.8) is 0 Å². The Morgan fingerprint density at radius 1 is 0.342 bits per heavy atom. The van der Waals surface area contributed by atoms with E-state index in [9.17, 15) is 0 Å². The minimum atomic E-state index is -0.467. The van der Waals surface area contributed by atoms with Crippen LogP contribution in [0.15, 0.2) is 138 Å². The molecule has 7 aromatic rings. The molecular weight excluding hydrogens is 460 g/mol. The van der Waals surface area contributed by atoms with Gasteiger partial charge < -0.3 is 4.42 Å². The van der Waals surface area contributed by atoms with Crippen molar-refractivity contribution in [2.24, 2.45) is 0 Å². The Balaban J connectivity index is 1.54. The molecule has 1 nitrogen and oxygen atoms in total. The lowest BCUT2D eigenvalue weighted by molar-refractivity contribution is 0.666. The predicted molar refractivity (Wildman–Crippen MR) is 155 cm³/mol. The van der Waals surface area contributed by atoms with Crippen LogP contribution >= 0.6 is 0 Å². The molecule has 2 aliphatic carbocycles. The largest absolute Gasteiger partial charge is 0.456 e. The Labute approximate surface area is 220 Å². The van der Waals surface area contributed by atoms with Crippen LogP contribution in [0.3, 0.4) is 0 Å². The molecule has 0 saturated heterocycles. The monoisotopic (exact) mass is 482 g/mol. The van der Waals surface area contributed by atoms with Crippen molar-refractivity contribution in [3.8, 4) is 33.4 Å². The molecule has 38 heavy (non-hydrogen) atoms. The maximum atomic E-state index is 6.48. The fourth-order valence-corrected chi connectivity index (χ4v) is 7.26. The van der Waals surface area contributed by atoms with Crippen LogP contribution in [0.1, 0.15) is 22.3 Å². The summed E-state index contributed by atoms with van der Waals surface area (Å²) < 4.78 is 6.48. The van der Waals surface area contributed by atoms with E-state index >= 15 is 0 Å². The third kappa shape index (κ3) is 2.33. The minimum Gasteiger partial charge on any atom is -0.456 e. The molecule has 1 heteroatoms. The maximum Gasteiger partial charge on any atom is 0.135 e. The number of hydrogen-bond donors (Lipinski definition) is 0. The van der Waals surface area contributed by atoms with Crippen molar-refractivity contribution < 1.29 is 4.42 Å². The number of hydrogen-bond acceptors (Lipinski definition) is 1. The molecule has 0 amide bonds. The summed E-state index contributed by atoms with van der Waals surface area (Å²) in [5.41, 5.74) is 14.4. The minimum absolute atomic E-state index is 0.467. The van der Waals surface area contributed by atoms with Crippen LogP contribution < -0.4 is 0 Å². The molecule has 1 aromatic heterocycles. The molecule has 1 spiro atoms. The molecule has 0 N–H and O–H groups in total. The second-order valence-corrected chi connectivity index (χ2v) is 10.4. The van der Waals surface area contributed by atoms with Crippen LogP contribution in [0, 0.1) is 0 Å². The average Bonchev–Trinajstić information content (AvgIpc) is 3.45. The summed E-state index contributed by atoms with van der Waals surface area (Å²) in [4.78, 5) is 0. The van der Waals surface area contributed by atoms with E-state index in [-0.39, 0.29) is 0 Å². The standard InChI is InChI=1S/C37H22O/c1-2-12-24-23(11-1)25-13-3-7-17-31(25)37(32-18-8-4-14-26(24)32)33-19-9-5-15-27(33)29-21-30-28-16-6-10-20-35(28)38-36(30)22-34(29)37/h1-22H. The summed E-state index contributed by atoms with van der Waals surface area (Å²) in [7, 11) is 0. The van der Waals surface area contributed by atoms with Gasteiger partial charge >= 0.3 is 0 Å². The van der Waals surface area contributed by atoms with E-state index in [0.717, 1.165) is 16.6 Å². The topological polar surface area (TPSA) is 13.1 Å². The molecule has 0 saturated carbocycles. The van der Waals surface area contributed by atoms with Gasteiger partial charge in [0.1, 0.15) is 11.2 Å². The zero-order valence-corrected chi connectivity index (χ0v) is 20.6. The highest BCUT2D eigenvalue weighted by atomic mass is 16.3.